The zero-order chi connectivity index (χ0) is 12.1. The summed E-state index contributed by atoms with van der Waals surface area (Å²) in [7, 11) is 0. The zero-order valence-corrected chi connectivity index (χ0v) is 9.21. The lowest BCUT2D eigenvalue weighted by atomic mass is 9.99. The summed E-state index contributed by atoms with van der Waals surface area (Å²) in [5.41, 5.74) is 0.432. The van der Waals surface area contributed by atoms with Gasteiger partial charge in [0.15, 0.2) is 0 Å². The maximum absolute atomic E-state index is 13.3. The molecule has 0 N–H and O–H groups in total. The standard InChI is InChI=1S/C12H12FNO2/c1-3-8-5-6-10(13)9(7-14)11(8)12(15)16-4-2/h5-6H,3-4H2,1-2H3. The van der Waals surface area contributed by atoms with Crippen LogP contribution < -0.4 is 0 Å². The van der Waals surface area contributed by atoms with Crippen LogP contribution >= 0.6 is 0 Å². The van der Waals surface area contributed by atoms with Gasteiger partial charge in [-0.3, -0.25) is 0 Å². The second-order valence-corrected chi connectivity index (χ2v) is 3.14. The minimum atomic E-state index is -0.692. The molecule has 1 aromatic carbocycles. The van der Waals surface area contributed by atoms with Crippen LogP contribution in [-0.2, 0) is 11.2 Å². The number of halogens is 1. The van der Waals surface area contributed by atoms with E-state index in [1.807, 2.05) is 6.92 Å². The molecule has 0 unspecified atom stereocenters. The number of esters is 1. The van der Waals surface area contributed by atoms with E-state index in [-0.39, 0.29) is 17.7 Å². The average Bonchev–Trinajstić information content (AvgIpc) is 2.28. The van der Waals surface area contributed by atoms with E-state index >= 15 is 0 Å². The maximum Gasteiger partial charge on any atom is 0.339 e. The number of aryl methyl sites for hydroxylation is 1. The van der Waals surface area contributed by atoms with Gasteiger partial charge in [-0.05, 0) is 25.0 Å². The number of rotatable bonds is 3. The largest absolute Gasteiger partial charge is 0.462 e. The number of nitriles is 1. The molecular formula is C12H12FNO2. The van der Waals surface area contributed by atoms with Crippen molar-refractivity contribution in [3.63, 3.8) is 0 Å². The Hall–Kier alpha value is -1.89. The molecule has 0 bridgehead atoms. The summed E-state index contributed by atoms with van der Waals surface area (Å²) in [5, 5.41) is 8.84. The van der Waals surface area contributed by atoms with E-state index in [9.17, 15) is 9.18 Å². The van der Waals surface area contributed by atoms with Gasteiger partial charge in [-0.1, -0.05) is 13.0 Å². The fraction of sp³-hybridized carbons (Fsp3) is 0.333. The summed E-state index contributed by atoms with van der Waals surface area (Å²) in [6, 6.07) is 4.40. The summed E-state index contributed by atoms with van der Waals surface area (Å²) in [6.07, 6.45) is 0.545. The van der Waals surface area contributed by atoms with Gasteiger partial charge in [0.1, 0.15) is 17.4 Å². The lowest BCUT2D eigenvalue weighted by Gasteiger charge is -2.09. The highest BCUT2D eigenvalue weighted by molar-refractivity contribution is 5.94. The summed E-state index contributed by atoms with van der Waals surface area (Å²) in [5.74, 6) is -1.34. The van der Waals surface area contributed by atoms with Crippen molar-refractivity contribution >= 4 is 5.97 Å². The van der Waals surface area contributed by atoms with Gasteiger partial charge in [0.05, 0.1) is 12.2 Å². The van der Waals surface area contributed by atoms with Gasteiger partial charge in [0.25, 0.3) is 0 Å². The molecule has 0 atom stereocenters. The first-order valence-corrected chi connectivity index (χ1v) is 5.04. The molecule has 0 aliphatic carbocycles. The highest BCUT2D eigenvalue weighted by Crippen LogP contribution is 2.19. The summed E-state index contributed by atoms with van der Waals surface area (Å²) >= 11 is 0. The van der Waals surface area contributed by atoms with E-state index in [1.165, 1.54) is 12.1 Å². The van der Waals surface area contributed by atoms with Crippen molar-refractivity contribution in [1.29, 1.82) is 5.26 Å². The Morgan fingerprint density at radius 1 is 1.50 bits per heavy atom. The van der Waals surface area contributed by atoms with Crippen LogP contribution in [0, 0.1) is 17.1 Å². The molecular weight excluding hydrogens is 209 g/mol. The van der Waals surface area contributed by atoms with Gasteiger partial charge in [-0.15, -0.1) is 0 Å². The average molecular weight is 221 g/mol. The van der Waals surface area contributed by atoms with Gasteiger partial charge in [0, 0.05) is 0 Å². The van der Waals surface area contributed by atoms with Gasteiger partial charge < -0.3 is 4.74 Å². The third kappa shape index (κ3) is 2.19. The molecule has 0 heterocycles. The predicted octanol–water partition coefficient (Wildman–Crippen LogP) is 2.44. The minimum absolute atomic E-state index is 0.0480. The number of benzene rings is 1. The van der Waals surface area contributed by atoms with Crippen molar-refractivity contribution in [2.75, 3.05) is 6.61 Å². The first kappa shape index (κ1) is 12.2. The fourth-order valence-corrected chi connectivity index (χ4v) is 1.46. The normalized spacial score (nSPS) is 9.62. The second-order valence-electron chi connectivity index (χ2n) is 3.14. The Bertz CT molecular complexity index is 449. The molecule has 16 heavy (non-hydrogen) atoms. The van der Waals surface area contributed by atoms with Gasteiger partial charge in [0.2, 0.25) is 0 Å². The number of carbonyl (C=O) groups excluding carboxylic acids is 1. The van der Waals surface area contributed by atoms with Crippen molar-refractivity contribution in [2.24, 2.45) is 0 Å². The Balaban J connectivity index is 3.37. The van der Waals surface area contributed by atoms with Gasteiger partial charge >= 0.3 is 5.97 Å². The van der Waals surface area contributed by atoms with E-state index in [0.717, 1.165) is 0 Å². The minimum Gasteiger partial charge on any atom is -0.462 e. The molecule has 3 nitrogen and oxygen atoms in total. The SMILES string of the molecule is CCOC(=O)c1c(CC)ccc(F)c1C#N. The van der Waals surface area contributed by atoms with E-state index in [4.69, 9.17) is 10.00 Å². The molecule has 0 spiro atoms. The highest BCUT2D eigenvalue weighted by Gasteiger charge is 2.20. The maximum atomic E-state index is 13.3. The molecule has 0 aliphatic rings. The quantitative estimate of drug-likeness (QED) is 0.736. The number of carbonyl (C=O) groups is 1. The van der Waals surface area contributed by atoms with Gasteiger partial charge in [-0.25, -0.2) is 9.18 Å². The van der Waals surface area contributed by atoms with E-state index in [1.54, 1.807) is 13.0 Å². The lowest BCUT2D eigenvalue weighted by molar-refractivity contribution is 0.0524. The van der Waals surface area contributed by atoms with Crippen LogP contribution in [0.2, 0.25) is 0 Å². The van der Waals surface area contributed by atoms with Crippen molar-refractivity contribution in [3.05, 3.63) is 34.6 Å². The van der Waals surface area contributed by atoms with E-state index < -0.39 is 11.8 Å². The predicted molar refractivity (Wildman–Crippen MR) is 56.4 cm³/mol. The zero-order valence-electron chi connectivity index (χ0n) is 9.21. The first-order chi connectivity index (χ1) is 7.65. The Morgan fingerprint density at radius 2 is 2.19 bits per heavy atom. The first-order valence-electron chi connectivity index (χ1n) is 5.04. The molecule has 84 valence electrons. The highest BCUT2D eigenvalue weighted by atomic mass is 19.1. The van der Waals surface area contributed by atoms with Crippen LogP contribution in [0.4, 0.5) is 4.39 Å². The molecule has 0 aliphatic heterocycles. The lowest BCUT2D eigenvalue weighted by Crippen LogP contribution is -2.11. The third-order valence-corrected chi connectivity index (χ3v) is 2.21. The molecule has 4 heteroatoms. The molecule has 0 amide bonds. The van der Waals surface area contributed by atoms with Crippen molar-refractivity contribution in [1.82, 2.24) is 0 Å². The van der Waals surface area contributed by atoms with E-state index in [2.05, 4.69) is 0 Å². The molecule has 1 aromatic rings. The van der Waals surface area contributed by atoms with Crippen molar-refractivity contribution < 1.29 is 13.9 Å². The van der Waals surface area contributed by atoms with Crippen LogP contribution in [0.15, 0.2) is 12.1 Å². The Labute approximate surface area is 93.5 Å². The molecule has 0 fully saturated rings. The van der Waals surface area contributed by atoms with Crippen LogP contribution in [0.1, 0.15) is 35.3 Å². The van der Waals surface area contributed by atoms with Crippen LogP contribution in [0.5, 0.6) is 0 Å². The number of ether oxygens (including phenoxy) is 1. The van der Waals surface area contributed by atoms with Crippen LogP contribution in [-0.4, -0.2) is 12.6 Å². The van der Waals surface area contributed by atoms with Crippen molar-refractivity contribution in [3.8, 4) is 6.07 Å². The molecule has 0 saturated carbocycles. The van der Waals surface area contributed by atoms with Gasteiger partial charge in [-0.2, -0.15) is 5.26 Å². The van der Waals surface area contributed by atoms with Crippen LogP contribution in [0.3, 0.4) is 0 Å². The molecule has 0 aromatic heterocycles. The molecule has 0 radical (unpaired) electrons. The Kier molecular flexibility index (Phi) is 4.01. The molecule has 0 saturated heterocycles. The van der Waals surface area contributed by atoms with Crippen LogP contribution in [0.25, 0.3) is 0 Å². The van der Waals surface area contributed by atoms with E-state index in [0.29, 0.717) is 12.0 Å². The summed E-state index contributed by atoms with van der Waals surface area (Å²) in [6.45, 7) is 3.69. The third-order valence-electron chi connectivity index (χ3n) is 2.21. The van der Waals surface area contributed by atoms with Crippen molar-refractivity contribution in [2.45, 2.75) is 20.3 Å². The monoisotopic (exact) mass is 221 g/mol. The number of nitrogens with zero attached hydrogens (tertiary/aromatic N) is 1. The number of hydrogen-bond donors (Lipinski definition) is 0. The summed E-state index contributed by atoms with van der Waals surface area (Å²) < 4.78 is 18.1. The summed E-state index contributed by atoms with van der Waals surface area (Å²) in [4.78, 5) is 11.6. The Morgan fingerprint density at radius 3 is 2.69 bits per heavy atom. The second kappa shape index (κ2) is 5.26. The topological polar surface area (TPSA) is 50.1 Å². The number of hydrogen-bond acceptors (Lipinski definition) is 3. The molecule has 1 rings (SSSR count). The fourth-order valence-electron chi connectivity index (χ4n) is 1.46. The smallest absolute Gasteiger partial charge is 0.339 e.